The van der Waals surface area contributed by atoms with Gasteiger partial charge >= 0.3 is 0 Å². The highest BCUT2D eigenvalue weighted by molar-refractivity contribution is 6.07. The van der Waals surface area contributed by atoms with Gasteiger partial charge in [-0.15, -0.1) is 0 Å². The molecule has 8 atom stereocenters. The van der Waals surface area contributed by atoms with E-state index in [-0.39, 0.29) is 5.41 Å². The molecule has 180 valence electrons. The number of hydrogen-bond donors (Lipinski definition) is 0. The van der Waals surface area contributed by atoms with Crippen LogP contribution < -0.4 is 0 Å². The molecule has 0 radical (unpaired) electrons. The molecule has 0 aromatic carbocycles. The van der Waals surface area contributed by atoms with Gasteiger partial charge in [-0.25, -0.2) is 0 Å². The highest BCUT2D eigenvalue weighted by atomic mass is 16.1. The SMILES string of the molecule is CC(C)CC[C@@H](C)C(C)(C)[C@H]1CCC2C3=CC(=O)C4=C[C@H](C)[C@@H](C)C[C@]4(C)C3CC[C@@]21C. The molecule has 2 fully saturated rings. The Labute approximate surface area is 198 Å². The number of allylic oxidation sites excluding steroid dienone is 4. The van der Waals surface area contributed by atoms with E-state index in [4.69, 9.17) is 0 Å². The normalized spacial score (nSPS) is 42.7. The molecule has 0 N–H and O–H groups in total. The molecule has 0 aliphatic heterocycles. The maximum atomic E-state index is 13.4. The van der Waals surface area contributed by atoms with E-state index in [1.54, 1.807) is 5.57 Å². The molecule has 0 bridgehead atoms. The van der Waals surface area contributed by atoms with Gasteiger partial charge in [-0.05, 0) is 96.9 Å². The molecule has 0 aromatic heterocycles. The lowest BCUT2D eigenvalue weighted by molar-refractivity contribution is -0.114. The molecule has 2 unspecified atom stereocenters. The van der Waals surface area contributed by atoms with Crippen molar-refractivity contribution in [2.45, 2.75) is 107 Å². The van der Waals surface area contributed by atoms with Crippen molar-refractivity contribution >= 4 is 5.78 Å². The highest BCUT2D eigenvalue weighted by Crippen LogP contribution is 2.68. The molecule has 0 spiro atoms. The Kier molecular flexibility index (Phi) is 6.17. The highest BCUT2D eigenvalue weighted by Gasteiger charge is 2.60. The van der Waals surface area contributed by atoms with Crippen LogP contribution in [0.15, 0.2) is 23.3 Å². The molecular weight excluding hydrogens is 388 g/mol. The summed E-state index contributed by atoms with van der Waals surface area (Å²) < 4.78 is 0. The van der Waals surface area contributed by atoms with Crippen LogP contribution in [0.2, 0.25) is 0 Å². The van der Waals surface area contributed by atoms with Gasteiger partial charge in [0.2, 0.25) is 0 Å². The van der Waals surface area contributed by atoms with Crippen LogP contribution in [-0.2, 0) is 4.79 Å². The maximum Gasteiger partial charge on any atom is 0.182 e. The summed E-state index contributed by atoms with van der Waals surface area (Å²) in [6, 6.07) is 0. The van der Waals surface area contributed by atoms with Gasteiger partial charge in [-0.1, -0.05) is 80.4 Å². The van der Waals surface area contributed by atoms with Crippen molar-refractivity contribution in [3.8, 4) is 0 Å². The van der Waals surface area contributed by atoms with Crippen LogP contribution in [0.1, 0.15) is 107 Å². The van der Waals surface area contributed by atoms with Crippen molar-refractivity contribution in [2.75, 3.05) is 0 Å². The summed E-state index contributed by atoms with van der Waals surface area (Å²) in [6.07, 6.45) is 13.6. The minimum Gasteiger partial charge on any atom is -0.290 e. The Balaban J connectivity index is 1.65. The van der Waals surface area contributed by atoms with E-state index in [0.29, 0.717) is 40.3 Å². The second-order valence-corrected chi connectivity index (χ2v) is 14.0. The van der Waals surface area contributed by atoms with Gasteiger partial charge in [-0.3, -0.25) is 4.79 Å². The second kappa shape index (κ2) is 8.13. The van der Waals surface area contributed by atoms with Crippen molar-refractivity contribution in [1.82, 2.24) is 0 Å². The fourth-order valence-electron chi connectivity index (χ4n) is 8.91. The minimum absolute atomic E-state index is 0.0621. The van der Waals surface area contributed by atoms with E-state index in [0.717, 1.165) is 23.3 Å². The fourth-order valence-corrected chi connectivity index (χ4v) is 8.91. The van der Waals surface area contributed by atoms with Crippen LogP contribution in [0.25, 0.3) is 0 Å². The average Bonchev–Trinajstić information content (AvgIpc) is 3.06. The summed E-state index contributed by atoms with van der Waals surface area (Å²) in [6.45, 7) is 22.1. The third-order valence-corrected chi connectivity index (χ3v) is 11.5. The molecule has 2 saturated carbocycles. The van der Waals surface area contributed by atoms with Crippen molar-refractivity contribution in [3.05, 3.63) is 23.3 Å². The van der Waals surface area contributed by atoms with Gasteiger partial charge in [0.1, 0.15) is 0 Å². The summed E-state index contributed by atoms with van der Waals surface area (Å²) >= 11 is 0. The van der Waals surface area contributed by atoms with Crippen LogP contribution in [0, 0.1) is 57.7 Å². The average molecular weight is 439 g/mol. The second-order valence-electron chi connectivity index (χ2n) is 14.0. The third kappa shape index (κ3) is 3.60. The fraction of sp³-hybridized carbons (Fsp3) is 0.839. The number of rotatable bonds is 5. The van der Waals surface area contributed by atoms with Crippen molar-refractivity contribution in [2.24, 2.45) is 57.7 Å². The van der Waals surface area contributed by atoms with Gasteiger partial charge in [0, 0.05) is 11.0 Å². The molecule has 4 rings (SSSR count). The van der Waals surface area contributed by atoms with E-state index in [1.165, 1.54) is 44.9 Å². The molecular formula is C31H50O. The Morgan fingerprint density at radius 3 is 2.38 bits per heavy atom. The van der Waals surface area contributed by atoms with E-state index < -0.39 is 0 Å². The largest absolute Gasteiger partial charge is 0.290 e. The van der Waals surface area contributed by atoms with Gasteiger partial charge in [0.15, 0.2) is 5.78 Å². The smallest absolute Gasteiger partial charge is 0.182 e. The predicted molar refractivity (Wildman–Crippen MR) is 136 cm³/mol. The molecule has 0 amide bonds. The van der Waals surface area contributed by atoms with E-state index in [9.17, 15) is 4.79 Å². The number of carbonyl (C=O) groups excluding carboxylic acids is 1. The molecule has 1 nitrogen and oxygen atoms in total. The number of carbonyl (C=O) groups is 1. The summed E-state index contributed by atoms with van der Waals surface area (Å²) in [5.41, 5.74) is 3.47. The molecule has 1 heteroatoms. The van der Waals surface area contributed by atoms with Crippen molar-refractivity contribution < 1.29 is 4.79 Å². The van der Waals surface area contributed by atoms with Crippen LogP contribution in [0.3, 0.4) is 0 Å². The number of fused-ring (bicyclic) bond motifs is 5. The first-order chi connectivity index (χ1) is 14.8. The Bertz CT molecular complexity index is 812. The van der Waals surface area contributed by atoms with Gasteiger partial charge in [-0.2, -0.15) is 0 Å². The summed E-state index contributed by atoms with van der Waals surface area (Å²) in [5, 5.41) is 0. The van der Waals surface area contributed by atoms with Gasteiger partial charge < -0.3 is 0 Å². The van der Waals surface area contributed by atoms with E-state index in [2.05, 4.69) is 74.5 Å². The molecule has 0 saturated heterocycles. The lowest BCUT2D eigenvalue weighted by atomic mass is 9.47. The summed E-state index contributed by atoms with van der Waals surface area (Å²) in [4.78, 5) is 13.4. The van der Waals surface area contributed by atoms with E-state index >= 15 is 0 Å². The lowest BCUT2D eigenvalue weighted by Gasteiger charge is -2.57. The number of ketones is 1. The van der Waals surface area contributed by atoms with E-state index in [1.807, 2.05) is 0 Å². The first-order valence-corrected chi connectivity index (χ1v) is 13.8. The Morgan fingerprint density at radius 1 is 1.03 bits per heavy atom. The lowest BCUT2D eigenvalue weighted by Crippen LogP contribution is -2.50. The molecule has 32 heavy (non-hydrogen) atoms. The quantitative estimate of drug-likeness (QED) is 0.419. The first kappa shape index (κ1) is 24.3. The predicted octanol–water partition coefficient (Wildman–Crippen LogP) is 8.65. The Hall–Kier alpha value is -0.850. The standard InChI is InChI=1S/C31H50O/c1-19(2)10-11-22(5)29(6,7)28-13-12-24-23-17-27(32)26-16-20(3)21(4)18-31(26,9)25(23)14-15-30(24,28)8/h16-17,19-22,24-25,28H,10-15,18H2,1-9H3/t20-,21-,22+,24?,25?,28+,30-,31+/m0/s1. The van der Waals surface area contributed by atoms with Crippen LogP contribution in [-0.4, -0.2) is 5.78 Å². The summed E-state index contributed by atoms with van der Waals surface area (Å²) in [5.74, 6) is 5.02. The topological polar surface area (TPSA) is 17.1 Å². The zero-order valence-corrected chi connectivity index (χ0v) is 22.6. The van der Waals surface area contributed by atoms with Crippen LogP contribution in [0.5, 0.6) is 0 Å². The maximum absolute atomic E-state index is 13.4. The summed E-state index contributed by atoms with van der Waals surface area (Å²) in [7, 11) is 0. The van der Waals surface area contributed by atoms with Gasteiger partial charge in [0.25, 0.3) is 0 Å². The molecule has 4 aliphatic rings. The van der Waals surface area contributed by atoms with Gasteiger partial charge in [0.05, 0.1) is 0 Å². The van der Waals surface area contributed by atoms with Crippen molar-refractivity contribution in [3.63, 3.8) is 0 Å². The zero-order chi connectivity index (χ0) is 23.6. The molecule has 0 aromatic rings. The van der Waals surface area contributed by atoms with Crippen LogP contribution >= 0.6 is 0 Å². The minimum atomic E-state index is 0.0621. The monoisotopic (exact) mass is 438 g/mol. The zero-order valence-electron chi connectivity index (χ0n) is 22.6. The van der Waals surface area contributed by atoms with Crippen molar-refractivity contribution in [1.29, 1.82) is 0 Å². The van der Waals surface area contributed by atoms with Crippen LogP contribution in [0.4, 0.5) is 0 Å². The molecule has 0 heterocycles. The third-order valence-electron chi connectivity index (χ3n) is 11.5. The molecule has 4 aliphatic carbocycles. The first-order valence-electron chi connectivity index (χ1n) is 13.8. The number of hydrogen-bond acceptors (Lipinski definition) is 1. The Morgan fingerprint density at radius 2 is 1.72 bits per heavy atom.